The van der Waals surface area contributed by atoms with E-state index in [4.69, 9.17) is 0 Å². The quantitative estimate of drug-likeness (QED) is 0.714. The van der Waals surface area contributed by atoms with Crippen LogP contribution in [-0.2, 0) is 0 Å². The Balaban J connectivity index is 2.12. The predicted octanol–water partition coefficient (Wildman–Crippen LogP) is 0.659. The first-order valence-corrected chi connectivity index (χ1v) is 7.24. The van der Waals surface area contributed by atoms with E-state index in [1.54, 1.807) is 13.4 Å². The predicted molar refractivity (Wildman–Crippen MR) is 75.8 cm³/mol. The average molecular weight is 280 g/mol. The summed E-state index contributed by atoms with van der Waals surface area (Å²) in [5.74, 6) is 2.57. The standard InChI is InChI=1S/C10H16N8S/c1-11-8-15-9(13-4-3-5-19-2)17-10(16-8)18-7-12-6-14-18/h6-7H,3-5H2,1-2H3,(H2,11,13,15,16,17). The van der Waals surface area contributed by atoms with Crippen LogP contribution in [0.15, 0.2) is 12.7 Å². The highest BCUT2D eigenvalue weighted by atomic mass is 32.2. The van der Waals surface area contributed by atoms with E-state index >= 15 is 0 Å². The van der Waals surface area contributed by atoms with Crippen molar-refractivity contribution in [2.75, 3.05) is 36.2 Å². The zero-order chi connectivity index (χ0) is 13.5. The van der Waals surface area contributed by atoms with Crippen molar-refractivity contribution in [2.45, 2.75) is 6.42 Å². The third kappa shape index (κ3) is 3.78. The minimum atomic E-state index is 0.434. The monoisotopic (exact) mass is 280 g/mol. The molecule has 0 saturated carbocycles. The van der Waals surface area contributed by atoms with Gasteiger partial charge in [-0.3, -0.25) is 0 Å². The van der Waals surface area contributed by atoms with Gasteiger partial charge >= 0.3 is 0 Å². The van der Waals surface area contributed by atoms with E-state index in [9.17, 15) is 0 Å². The first kappa shape index (κ1) is 13.5. The molecule has 102 valence electrons. The third-order valence-electron chi connectivity index (χ3n) is 2.28. The van der Waals surface area contributed by atoms with Crippen molar-refractivity contribution in [2.24, 2.45) is 0 Å². The summed E-state index contributed by atoms with van der Waals surface area (Å²) in [5.41, 5.74) is 0. The van der Waals surface area contributed by atoms with E-state index in [0.29, 0.717) is 17.8 Å². The molecule has 0 fully saturated rings. The molecule has 0 radical (unpaired) electrons. The molecule has 8 nitrogen and oxygen atoms in total. The minimum absolute atomic E-state index is 0.434. The van der Waals surface area contributed by atoms with Crippen LogP contribution in [0.1, 0.15) is 6.42 Å². The van der Waals surface area contributed by atoms with E-state index < -0.39 is 0 Å². The molecule has 2 aromatic rings. The number of anilines is 2. The van der Waals surface area contributed by atoms with Crippen LogP contribution in [0.5, 0.6) is 0 Å². The van der Waals surface area contributed by atoms with E-state index in [0.717, 1.165) is 18.7 Å². The van der Waals surface area contributed by atoms with Gasteiger partial charge in [0.1, 0.15) is 12.7 Å². The van der Waals surface area contributed by atoms with Crippen molar-refractivity contribution in [3.63, 3.8) is 0 Å². The van der Waals surface area contributed by atoms with Crippen LogP contribution in [-0.4, -0.2) is 55.3 Å². The number of rotatable bonds is 7. The highest BCUT2D eigenvalue weighted by Crippen LogP contribution is 2.08. The number of hydrogen-bond donors (Lipinski definition) is 2. The summed E-state index contributed by atoms with van der Waals surface area (Å²) >= 11 is 1.82. The lowest BCUT2D eigenvalue weighted by molar-refractivity contribution is 0.794. The highest BCUT2D eigenvalue weighted by Gasteiger charge is 2.07. The molecule has 0 spiro atoms. The van der Waals surface area contributed by atoms with Gasteiger partial charge in [0.15, 0.2) is 0 Å². The topological polar surface area (TPSA) is 93.4 Å². The molecule has 2 aromatic heterocycles. The zero-order valence-corrected chi connectivity index (χ0v) is 11.7. The van der Waals surface area contributed by atoms with Gasteiger partial charge in [0.05, 0.1) is 0 Å². The Morgan fingerprint density at radius 1 is 1.26 bits per heavy atom. The first-order chi connectivity index (χ1) is 9.33. The molecule has 0 saturated heterocycles. The van der Waals surface area contributed by atoms with Gasteiger partial charge in [-0.05, 0) is 18.4 Å². The number of aromatic nitrogens is 6. The van der Waals surface area contributed by atoms with Crippen molar-refractivity contribution >= 4 is 23.7 Å². The fourth-order valence-electron chi connectivity index (χ4n) is 1.39. The summed E-state index contributed by atoms with van der Waals surface area (Å²) in [7, 11) is 1.76. The molecule has 19 heavy (non-hydrogen) atoms. The Hall–Kier alpha value is -1.90. The fourth-order valence-corrected chi connectivity index (χ4v) is 1.82. The maximum Gasteiger partial charge on any atom is 0.258 e. The van der Waals surface area contributed by atoms with E-state index in [1.807, 2.05) is 11.8 Å². The molecule has 0 amide bonds. The lowest BCUT2D eigenvalue weighted by Gasteiger charge is -2.07. The molecule has 0 aliphatic rings. The van der Waals surface area contributed by atoms with Crippen molar-refractivity contribution in [1.82, 2.24) is 29.7 Å². The number of hydrogen-bond acceptors (Lipinski definition) is 8. The summed E-state index contributed by atoms with van der Waals surface area (Å²) in [6.07, 6.45) is 6.13. The summed E-state index contributed by atoms with van der Waals surface area (Å²) in [5, 5.41) is 10.1. The molecule has 2 heterocycles. The van der Waals surface area contributed by atoms with Gasteiger partial charge in [-0.15, -0.1) is 0 Å². The number of nitrogens with zero attached hydrogens (tertiary/aromatic N) is 6. The molecular weight excluding hydrogens is 264 g/mol. The molecule has 0 bridgehead atoms. The minimum Gasteiger partial charge on any atom is -0.357 e. The molecule has 0 atom stereocenters. The van der Waals surface area contributed by atoms with Crippen LogP contribution in [0.2, 0.25) is 0 Å². The largest absolute Gasteiger partial charge is 0.357 e. The highest BCUT2D eigenvalue weighted by molar-refractivity contribution is 7.98. The molecule has 0 aliphatic heterocycles. The second kappa shape index (κ2) is 6.88. The van der Waals surface area contributed by atoms with Crippen LogP contribution in [0.4, 0.5) is 11.9 Å². The van der Waals surface area contributed by atoms with Crippen LogP contribution in [0.3, 0.4) is 0 Å². The molecule has 9 heteroatoms. The molecule has 2 N–H and O–H groups in total. The van der Waals surface area contributed by atoms with Gasteiger partial charge < -0.3 is 10.6 Å². The normalized spacial score (nSPS) is 10.4. The van der Waals surface area contributed by atoms with Gasteiger partial charge in [0, 0.05) is 13.6 Å². The first-order valence-electron chi connectivity index (χ1n) is 5.85. The van der Waals surface area contributed by atoms with Crippen molar-refractivity contribution < 1.29 is 0 Å². The average Bonchev–Trinajstić information content (AvgIpc) is 2.97. The maximum absolute atomic E-state index is 4.30. The van der Waals surface area contributed by atoms with Crippen LogP contribution >= 0.6 is 11.8 Å². The Morgan fingerprint density at radius 2 is 2.11 bits per heavy atom. The summed E-state index contributed by atoms with van der Waals surface area (Å²) in [4.78, 5) is 16.6. The zero-order valence-electron chi connectivity index (χ0n) is 10.9. The Kier molecular flexibility index (Phi) is 4.90. The lowest BCUT2D eigenvalue weighted by atomic mass is 10.5. The molecule has 0 aromatic carbocycles. The molecule has 0 unspecified atom stereocenters. The number of thioether (sulfide) groups is 1. The fraction of sp³-hybridized carbons (Fsp3) is 0.500. The van der Waals surface area contributed by atoms with Crippen LogP contribution in [0.25, 0.3) is 5.95 Å². The van der Waals surface area contributed by atoms with Crippen LogP contribution in [0, 0.1) is 0 Å². The Morgan fingerprint density at radius 3 is 2.79 bits per heavy atom. The van der Waals surface area contributed by atoms with Gasteiger partial charge in [-0.1, -0.05) is 0 Å². The molecule has 2 rings (SSSR count). The van der Waals surface area contributed by atoms with Crippen molar-refractivity contribution in [1.29, 1.82) is 0 Å². The van der Waals surface area contributed by atoms with Gasteiger partial charge in [0.25, 0.3) is 5.95 Å². The second-order valence-corrected chi connectivity index (χ2v) is 4.63. The van der Waals surface area contributed by atoms with E-state index in [2.05, 4.69) is 41.9 Å². The van der Waals surface area contributed by atoms with Gasteiger partial charge in [-0.25, -0.2) is 4.98 Å². The third-order valence-corrected chi connectivity index (χ3v) is 2.98. The van der Waals surface area contributed by atoms with Gasteiger partial charge in [0.2, 0.25) is 11.9 Å². The lowest BCUT2D eigenvalue weighted by Crippen LogP contribution is -2.12. The molecular formula is C10H16N8S. The summed E-state index contributed by atoms with van der Waals surface area (Å²) < 4.78 is 1.50. The second-order valence-electron chi connectivity index (χ2n) is 3.65. The maximum atomic E-state index is 4.30. The van der Waals surface area contributed by atoms with Gasteiger partial charge in [-0.2, -0.15) is 36.5 Å². The van der Waals surface area contributed by atoms with Crippen LogP contribution < -0.4 is 10.6 Å². The van der Waals surface area contributed by atoms with Crippen molar-refractivity contribution in [3.8, 4) is 5.95 Å². The smallest absolute Gasteiger partial charge is 0.258 e. The Bertz CT molecular complexity index is 500. The number of nitrogens with one attached hydrogen (secondary N) is 2. The summed E-state index contributed by atoms with van der Waals surface area (Å²) in [6.45, 7) is 0.824. The SMILES string of the molecule is CNc1nc(NCCCSC)nc(-n2cncn2)n1. The van der Waals surface area contributed by atoms with E-state index in [-0.39, 0.29) is 0 Å². The molecule has 0 aliphatic carbocycles. The summed E-state index contributed by atoms with van der Waals surface area (Å²) in [6, 6.07) is 0. The Labute approximate surface area is 115 Å². The van der Waals surface area contributed by atoms with E-state index in [1.165, 1.54) is 11.0 Å². The van der Waals surface area contributed by atoms with Crippen molar-refractivity contribution in [3.05, 3.63) is 12.7 Å².